The van der Waals surface area contributed by atoms with E-state index in [0.29, 0.717) is 25.1 Å². The van der Waals surface area contributed by atoms with Crippen LogP contribution in [0.15, 0.2) is 18.2 Å². The Morgan fingerprint density at radius 3 is 2.64 bits per heavy atom. The summed E-state index contributed by atoms with van der Waals surface area (Å²) in [6.45, 7) is 2.26. The van der Waals surface area contributed by atoms with Gasteiger partial charge in [-0.2, -0.15) is 13.2 Å². The van der Waals surface area contributed by atoms with E-state index in [1.807, 2.05) is 6.92 Å². The Bertz CT molecular complexity index is 626. The fourth-order valence-electron chi connectivity index (χ4n) is 2.76. The first-order valence-corrected chi connectivity index (χ1v) is 9.18. The lowest BCUT2D eigenvalue weighted by Gasteiger charge is -2.23. The Labute approximate surface area is 128 Å². The first kappa shape index (κ1) is 17.1. The molecule has 0 radical (unpaired) electrons. The largest absolute Gasteiger partial charge is 0.416 e. The summed E-state index contributed by atoms with van der Waals surface area (Å²) in [5, 5.41) is 3.02. The Morgan fingerprint density at radius 2 is 2.05 bits per heavy atom. The van der Waals surface area contributed by atoms with Gasteiger partial charge in [-0.25, -0.2) is 8.42 Å². The third kappa shape index (κ3) is 4.38. The average molecular weight is 335 g/mol. The zero-order chi connectivity index (χ0) is 16.4. The molecule has 1 fully saturated rings. The zero-order valence-electron chi connectivity index (χ0n) is 12.4. The molecule has 0 amide bonds. The molecular formula is C15H20F3NO2S. The monoisotopic (exact) mass is 335 g/mol. The van der Waals surface area contributed by atoms with Gasteiger partial charge >= 0.3 is 6.18 Å². The lowest BCUT2D eigenvalue weighted by atomic mass is 10.0. The molecule has 1 atom stereocenters. The molecule has 0 aromatic heterocycles. The van der Waals surface area contributed by atoms with Gasteiger partial charge in [0, 0.05) is 12.2 Å². The number of benzene rings is 1. The minimum Gasteiger partial charge on any atom is -0.384 e. The van der Waals surface area contributed by atoms with Crippen molar-refractivity contribution in [1.29, 1.82) is 0 Å². The van der Waals surface area contributed by atoms with Crippen LogP contribution < -0.4 is 5.32 Å². The van der Waals surface area contributed by atoms with E-state index in [1.165, 1.54) is 6.07 Å². The molecule has 1 aromatic rings. The first-order valence-electron chi connectivity index (χ1n) is 7.35. The lowest BCUT2D eigenvalue weighted by Crippen LogP contribution is -2.30. The van der Waals surface area contributed by atoms with Crippen molar-refractivity contribution < 1.29 is 21.6 Å². The highest BCUT2D eigenvalue weighted by atomic mass is 32.2. The van der Waals surface area contributed by atoms with E-state index in [1.54, 1.807) is 0 Å². The number of hydrogen-bond acceptors (Lipinski definition) is 3. The van der Waals surface area contributed by atoms with Crippen LogP contribution in [0.2, 0.25) is 0 Å². The Morgan fingerprint density at radius 1 is 1.32 bits per heavy atom. The minimum absolute atomic E-state index is 0.0435. The highest BCUT2D eigenvalue weighted by molar-refractivity contribution is 7.91. The molecular weight excluding hydrogens is 315 g/mol. The molecule has 1 heterocycles. The van der Waals surface area contributed by atoms with Crippen molar-refractivity contribution in [2.45, 2.75) is 32.4 Å². The van der Waals surface area contributed by atoms with E-state index >= 15 is 0 Å². The molecule has 0 spiro atoms. The van der Waals surface area contributed by atoms with Crippen molar-refractivity contribution >= 4 is 15.5 Å². The molecule has 7 heteroatoms. The number of rotatable bonds is 4. The molecule has 0 aliphatic carbocycles. The van der Waals surface area contributed by atoms with Gasteiger partial charge in [0.1, 0.15) is 0 Å². The lowest BCUT2D eigenvalue weighted by molar-refractivity contribution is -0.137. The Balaban J connectivity index is 2.11. The van der Waals surface area contributed by atoms with E-state index in [9.17, 15) is 21.6 Å². The number of nitrogens with one attached hydrogen (secondary N) is 1. The number of halogens is 3. The topological polar surface area (TPSA) is 46.2 Å². The fourth-order valence-corrected chi connectivity index (χ4v) is 4.53. The molecule has 2 rings (SSSR count). The van der Waals surface area contributed by atoms with Gasteiger partial charge in [-0.15, -0.1) is 0 Å². The minimum atomic E-state index is -4.38. The third-order valence-corrected chi connectivity index (χ3v) is 5.85. The van der Waals surface area contributed by atoms with Gasteiger partial charge in [0.2, 0.25) is 0 Å². The molecule has 1 unspecified atom stereocenters. The highest BCUT2D eigenvalue weighted by Crippen LogP contribution is 2.32. The van der Waals surface area contributed by atoms with Crippen LogP contribution in [0.25, 0.3) is 0 Å². The maximum Gasteiger partial charge on any atom is 0.416 e. The number of aryl methyl sites for hydroxylation is 1. The zero-order valence-corrected chi connectivity index (χ0v) is 13.2. The fraction of sp³-hybridized carbons (Fsp3) is 0.600. The summed E-state index contributed by atoms with van der Waals surface area (Å²) < 4.78 is 61.6. The van der Waals surface area contributed by atoms with Crippen LogP contribution in [0.5, 0.6) is 0 Å². The molecule has 22 heavy (non-hydrogen) atoms. The van der Waals surface area contributed by atoms with Crippen molar-refractivity contribution in [2.24, 2.45) is 5.92 Å². The normalized spacial score (nSPS) is 21.5. The molecule has 124 valence electrons. The Hall–Kier alpha value is -1.24. The van der Waals surface area contributed by atoms with Gasteiger partial charge < -0.3 is 5.32 Å². The summed E-state index contributed by atoms with van der Waals surface area (Å²) in [7, 11) is -3.00. The molecule has 1 aromatic carbocycles. The van der Waals surface area contributed by atoms with Crippen LogP contribution >= 0.6 is 0 Å². The quantitative estimate of drug-likeness (QED) is 0.916. The summed E-state index contributed by atoms with van der Waals surface area (Å²) in [6, 6.07) is 3.66. The summed E-state index contributed by atoms with van der Waals surface area (Å²) in [6.07, 6.45) is -2.36. The molecule has 0 saturated carbocycles. The third-order valence-electron chi connectivity index (χ3n) is 3.96. The summed E-state index contributed by atoms with van der Waals surface area (Å²) in [5.41, 5.74) is 0.551. The van der Waals surface area contributed by atoms with Crippen LogP contribution in [-0.2, 0) is 22.4 Å². The van der Waals surface area contributed by atoms with Gasteiger partial charge in [0.25, 0.3) is 0 Å². The van der Waals surface area contributed by atoms with Crippen molar-refractivity contribution in [3.63, 3.8) is 0 Å². The number of sulfone groups is 1. The van der Waals surface area contributed by atoms with Gasteiger partial charge in [-0.05, 0) is 42.9 Å². The summed E-state index contributed by atoms with van der Waals surface area (Å²) >= 11 is 0. The van der Waals surface area contributed by atoms with E-state index < -0.39 is 21.6 Å². The van der Waals surface area contributed by atoms with Crippen molar-refractivity contribution in [3.8, 4) is 0 Å². The first-order chi connectivity index (χ1) is 10.2. The molecule has 1 saturated heterocycles. The van der Waals surface area contributed by atoms with E-state index in [2.05, 4.69) is 5.32 Å². The second-order valence-corrected chi connectivity index (χ2v) is 7.96. The van der Waals surface area contributed by atoms with E-state index in [4.69, 9.17) is 0 Å². The van der Waals surface area contributed by atoms with Gasteiger partial charge in [0.15, 0.2) is 9.84 Å². The molecule has 1 aliphatic heterocycles. The number of alkyl halides is 3. The second kappa shape index (κ2) is 6.48. The number of hydrogen-bond donors (Lipinski definition) is 1. The van der Waals surface area contributed by atoms with Crippen molar-refractivity contribution in [2.75, 3.05) is 23.4 Å². The van der Waals surface area contributed by atoms with Crippen LogP contribution in [-0.4, -0.2) is 26.5 Å². The van der Waals surface area contributed by atoms with Crippen LogP contribution in [0.3, 0.4) is 0 Å². The van der Waals surface area contributed by atoms with Crippen molar-refractivity contribution in [1.82, 2.24) is 0 Å². The highest BCUT2D eigenvalue weighted by Gasteiger charge is 2.31. The molecule has 3 nitrogen and oxygen atoms in total. The maximum absolute atomic E-state index is 12.8. The van der Waals surface area contributed by atoms with Crippen molar-refractivity contribution in [3.05, 3.63) is 29.3 Å². The predicted molar refractivity (Wildman–Crippen MR) is 80.7 cm³/mol. The van der Waals surface area contributed by atoms with Crippen LogP contribution in [0.1, 0.15) is 30.9 Å². The van der Waals surface area contributed by atoms with Gasteiger partial charge in [0.05, 0.1) is 17.1 Å². The average Bonchev–Trinajstić information content (AvgIpc) is 2.42. The Kier molecular flexibility index (Phi) is 5.04. The van der Waals surface area contributed by atoms with Gasteiger partial charge in [-0.1, -0.05) is 13.0 Å². The number of anilines is 1. The molecule has 0 bridgehead atoms. The smallest absolute Gasteiger partial charge is 0.384 e. The van der Waals surface area contributed by atoms with E-state index in [-0.39, 0.29) is 17.4 Å². The van der Waals surface area contributed by atoms with Gasteiger partial charge in [-0.3, -0.25) is 0 Å². The second-order valence-electron chi connectivity index (χ2n) is 5.73. The van der Waals surface area contributed by atoms with E-state index in [0.717, 1.165) is 24.1 Å². The van der Waals surface area contributed by atoms with Crippen LogP contribution in [0.4, 0.5) is 18.9 Å². The standard InChI is InChI=1S/C15H20F3NO2S/c1-2-12-5-6-13(15(16,17)18)8-14(12)19-9-11-4-3-7-22(20,21)10-11/h5-6,8,11,19H,2-4,7,9-10H2,1H3. The van der Waals surface area contributed by atoms with Crippen LogP contribution in [0, 0.1) is 5.92 Å². The predicted octanol–water partition coefficient (Wildman–Crippen LogP) is 3.50. The summed E-state index contributed by atoms with van der Waals surface area (Å²) in [5.74, 6) is 0.284. The molecule has 1 N–H and O–H groups in total. The molecule has 1 aliphatic rings. The SMILES string of the molecule is CCc1ccc(C(F)(F)F)cc1NCC1CCCS(=O)(=O)C1. The summed E-state index contributed by atoms with van der Waals surface area (Å²) in [4.78, 5) is 0. The maximum atomic E-state index is 12.8.